The maximum atomic E-state index is 12.5. The monoisotopic (exact) mass is 239 g/mol. The Morgan fingerprint density at radius 1 is 1.38 bits per heavy atom. The second-order valence-corrected chi connectivity index (χ2v) is 2.86. The van der Waals surface area contributed by atoms with Crippen LogP contribution in [0.3, 0.4) is 0 Å². The number of nitrogens with one attached hydrogen (secondary N) is 1. The molecule has 0 aliphatic carbocycles. The van der Waals surface area contributed by atoms with E-state index in [4.69, 9.17) is 4.74 Å². The molecule has 1 N–H and O–H groups in total. The summed E-state index contributed by atoms with van der Waals surface area (Å²) in [5.74, 6) is -3.93. The van der Waals surface area contributed by atoms with Crippen LogP contribution in [0.2, 0.25) is 0 Å². The number of alkyl halides is 4. The Balaban J connectivity index is 2.54. The van der Waals surface area contributed by atoms with Crippen molar-refractivity contribution in [3.05, 3.63) is 12.4 Å². The third kappa shape index (κ3) is 3.21. The Hall–Kier alpha value is -1.60. The summed E-state index contributed by atoms with van der Waals surface area (Å²) in [5.41, 5.74) is 0. The fraction of sp³-hybridized carbons (Fsp3) is 0.500. The molecule has 0 amide bonds. The topological polar surface area (TPSA) is 47.0 Å². The molecule has 1 aromatic rings. The zero-order valence-electron chi connectivity index (χ0n) is 8.25. The number of aromatic nitrogens is 2. The molecule has 0 bridgehead atoms. The average molecular weight is 239 g/mol. The molecule has 0 radical (unpaired) electrons. The number of nitrogens with zero attached hydrogens (tertiary/aromatic N) is 2. The zero-order valence-corrected chi connectivity index (χ0v) is 8.25. The lowest BCUT2D eigenvalue weighted by molar-refractivity contribution is -0.117. The van der Waals surface area contributed by atoms with Gasteiger partial charge in [-0.2, -0.15) is 8.78 Å². The van der Waals surface area contributed by atoms with Crippen molar-refractivity contribution in [3.8, 4) is 5.75 Å². The maximum Gasteiger partial charge on any atom is 0.324 e. The summed E-state index contributed by atoms with van der Waals surface area (Å²) in [6.07, 6.45) is -1.26. The van der Waals surface area contributed by atoms with Crippen LogP contribution >= 0.6 is 0 Å². The zero-order chi connectivity index (χ0) is 12.2. The van der Waals surface area contributed by atoms with Crippen LogP contribution in [0, 0.1) is 0 Å². The highest BCUT2D eigenvalue weighted by Crippen LogP contribution is 2.22. The molecule has 0 saturated carbocycles. The molecule has 0 atom stereocenters. The van der Waals surface area contributed by atoms with Crippen LogP contribution in [0.15, 0.2) is 12.4 Å². The van der Waals surface area contributed by atoms with Crippen molar-refractivity contribution >= 4 is 5.95 Å². The molecule has 8 heteroatoms. The molecule has 0 aromatic carbocycles. The Morgan fingerprint density at radius 2 is 1.94 bits per heavy atom. The Labute approximate surface area is 88.7 Å². The number of halogens is 4. The van der Waals surface area contributed by atoms with Gasteiger partial charge in [-0.05, 0) is 0 Å². The molecule has 90 valence electrons. The highest BCUT2D eigenvalue weighted by atomic mass is 19.3. The largest absolute Gasteiger partial charge is 0.494 e. The summed E-state index contributed by atoms with van der Waals surface area (Å²) in [4.78, 5) is 7.17. The molecule has 0 unspecified atom stereocenters. The molecule has 16 heavy (non-hydrogen) atoms. The van der Waals surface area contributed by atoms with Gasteiger partial charge < -0.3 is 10.1 Å². The van der Waals surface area contributed by atoms with Gasteiger partial charge in [0, 0.05) is 0 Å². The van der Waals surface area contributed by atoms with E-state index in [1.165, 1.54) is 19.5 Å². The second-order valence-electron chi connectivity index (χ2n) is 2.86. The third-order valence-corrected chi connectivity index (χ3v) is 1.67. The van der Waals surface area contributed by atoms with E-state index < -0.39 is 18.9 Å². The molecular formula is C8H9F4N3O. The van der Waals surface area contributed by atoms with Crippen molar-refractivity contribution in [2.45, 2.75) is 12.3 Å². The predicted octanol–water partition coefficient (Wildman–Crippen LogP) is 1.80. The molecule has 1 aromatic heterocycles. The van der Waals surface area contributed by atoms with Gasteiger partial charge in [-0.1, -0.05) is 0 Å². The van der Waals surface area contributed by atoms with E-state index in [-0.39, 0.29) is 5.95 Å². The van der Waals surface area contributed by atoms with E-state index in [1.807, 2.05) is 5.32 Å². The van der Waals surface area contributed by atoms with E-state index in [2.05, 4.69) is 9.97 Å². The summed E-state index contributed by atoms with van der Waals surface area (Å²) in [6, 6.07) is 0. The minimum absolute atomic E-state index is 0.166. The van der Waals surface area contributed by atoms with Gasteiger partial charge in [0.05, 0.1) is 26.0 Å². The Bertz CT molecular complexity index is 331. The van der Waals surface area contributed by atoms with E-state index in [0.29, 0.717) is 5.75 Å². The highest BCUT2D eigenvalue weighted by Gasteiger charge is 2.40. The summed E-state index contributed by atoms with van der Waals surface area (Å²) >= 11 is 0. The second kappa shape index (κ2) is 4.95. The Morgan fingerprint density at radius 3 is 2.38 bits per heavy atom. The predicted molar refractivity (Wildman–Crippen MR) is 48.0 cm³/mol. The molecule has 0 spiro atoms. The average Bonchev–Trinajstić information content (AvgIpc) is 2.27. The van der Waals surface area contributed by atoms with Crippen LogP contribution in [-0.2, 0) is 0 Å². The highest BCUT2D eigenvalue weighted by molar-refractivity contribution is 5.27. The first-order valence-corrected chi connectivity index (χ1v) is 4.21. The van der Waals surface area contributed by atoms with Crippen LogP contribution in [-0.4, -0.2) is 36.0 Å². The number of methoxy groups -OCH3 is 1. The van der Waals surface area contributed by atoms with E-state index in [9.17, 15) is 17.6 Å². The molecule has 1 heterocycles. The molecule has 1 rings (SSSR count). The van der Waals surface area contributed by atoms with Crippen molar-refractivity contribution in [2.75, 3.05) is 19.0 Å². The SMILES string of the molecule is COc1cnc(NCC(F)(F)C(F)F)nc1. The minimum Gasteiger partial charge on any atom is -0.494 e. The lowest BCUT2D eigenvalue weighted by Gasteiger charge is -2.15. The number of hydrogen-bond donors (Lipinski definition) is 1. The van der Waals surface area contributed by atoms with Gasteiger partial charge in [0.15, 0.2) is 5.75 Å². The van der Waals surface area contributed by atoms with E-state index in [1.54, 1.807) is 0 Å². The summed E-state index contributed by atoms with van der Waals surface area (Å²) in [6.45, 7) is -1.23. The van der Waals surface area contributed by atoms with Crippen LogP contribution < -0.4 is 10.1 Å². The first kappa shape index (κ1) is 12.5. The van der Waals surface area contributed by atoms with Crippen molar-refractivity contribution in [2.24, 2.45) is 0 Å². The van der Waals surface area contributed by atoms with Gasteiger partial charge in [-0.25, -0.2) is 18.7 Å². The molecule has 0 aliphatic rings. The summed E-state index contributed by atoms with van der Waals surface area (Å²) in [5, 5.41) is 2.01. The molecule has 0 fully saturated rings. The third-order valence-electron chi connectivity index (χ3n) is 1.67. The van der Waals surface area contributed by atoms with Gasteiger partial charge in [-0.3, -0.25) is 0 Å². The van der Waals surface area contributed by atoms with Crippen molar-refractivity contribution in [3.63, 3.8) is 0 Å². The normalized spacial score (nSPS) is 11.6. The van der Waals surface area contributed by atoms with Crippen LogP contribution in [0.25, 0.3) is 0 Å². The van der Waals surface area contributed by atoms with Crippen molar-refractivity contribution in [1.29, 1.82) is 0 Å². The number of anilines is 1. The van der Waals surface area contributed by atoms with Crippen molar-refractivity contribution < 1.29 is 22.3 Å². The number of ether oxygens (including phenoxy) is 1. The summed E-state index contributed by atoms with van der Waals surface area (Å²) < 4.78 is 53.3. The lowest BCUT2D eigenvalue weighted by atomic mass is 10.3. The van der Waals surface area contributed by atoms with Gasteiger partial charge >= 0.3 is 12.3 Å². The van der Waals surface area contributed by atoms with Crippen LogP contribution in [0.5, 0.6) is 5.75 Å². The quantitative estimate of drug-likeness (QED) is 0.796. The Kier molecular flexibility index (Phi) is 3.86. The van der Waals surface area contributed by atoms with E-state index >= 15 is 0 Å². The number of hydrogen-bond acceptors (Lipinski definition) is 4. The van der Waals surface area contributed by atoms with Gasteiger partial charge in [0.1, 0.15) is 0 Å². The number of rotatable bonds is 5. The van der Waals surface area contributed by atoms with Crippen LogP contribution in [0.1, 0.15) is 0 Å². The molecule has 4 nitrogen and oxygen atoms in total. The van der Waals surface area contributed by atoms with Gasteiger partial charge in [0.2, 0.25) is 5.95 Å². The van der Waals surface area contributed by atoms with Gasteiger partial charge in [0.25, 0.3) is 0 Å². The van der Waals surface area contributed by atoms with Crippen LogP contribution in [0.4, 0.5) is 23.5 Å². The van der Waals surface area contributed by atoms with Crippen molar-refractivity contribution in [1.82, 2.24) is 9.97 Å². The summed E-state index contributed by atoms with van der Waals surface area (Å²) in [7, 11) is 1.39. The minimum atomic E-state index is -4.11. The molecule has 0 saturated heterocycles. The first-order chi connectivity index (χ1) is 7.45. The molecular weight excluding hydrogens is 230 g/mol. The van der Waals surface area contributed by atoms with E-state index in [0.717, 1.165) is 0 Å². The smallest absolute Gasteiger partial charge is 0.324 e. The maximum absolute atomic E-state index is 12.5. The van der Waals surface area contributed by atoms with Gasteiger partial charge in [-0.15, -0.1) is 0 Å². The first-order valence-electron chi connectivity index (χ1n) is 4.21. The fourth-order valence-electron chi connectivity index (χ4n) is 0.787. The lowest BCUT2D eigenvalue weighted by Crippen LogP contribution is -2.35. The standard InChI is InChI=1S/C8H9F4N3O/c1-16-5-2-13-7(14-3-5)15-4-8(11,12)6(9)10/h2-3,6H,4H2,1H3,(H,13,14,15). The fourth-order valence-corrected chi connectivity index (χ4v) is 0.787. The molecule has 0 aliphatic heterocycles.